The largest absolute Gasteiger partial charge is 0.345 e. The van der Waals surface area contributed by atoms with Crippen molar-refractivity contribution >= 4 is 23.0 Å². The highest BCUT2D eigenvalue weighted by Crippen LogP contribution is 2.13. The zero-order chi connectivity index (χ0) is 13.3. The number of carbonyl (C=O) groups is 2. The third kappa shape index (κ3) is 2.04. The number of aromatic nitrogens is 2. The molecule has 1 N–H and O–H groups in total. The number of amides is 3. The number of fused-ring (bicyclic) bond motifs is 1. The molecule has 0 fully saturated rings. The van der Waals surface area contributed by atoms with Crippen LogP contribution >= 0.6 is 0 Å². The Hall–Kier alpha value is -2.37. The molecule has 6 nitrogen and oxygen atoms in total. The molecule has 2 rings (SSSR count). The number of hydrogen-bond acceptors (Lipinski definition) is 3. The number of nitrogens with one attached hydrogen (secondary N) is 1. The van der Waals surface area contributed by atoms with E-state index < -0.39 is 0 Å². The van der Waals surface area contributed by atoms with E-state index in [0.717, 1.165) is 15.9 Å². The van der Waals surface area contributed by atoms with Gasteiger partial charge in [0, 0.05) is 26.7 Å². The number of benzene rings is 1. The summed E-state index contributed by atoms with van der Waals surface area (Å²) in [5, 5.41) is 0. The first-order chi connectivity index (χ1) is 8.50. The predicted molar refractivity (Wildman–Crippen MR) is 67.3 cm³/mol. The van der Waals surface area contributed by atoms with E-state index in [4.69, 9.17) is 0 Å². The Kier molecular flexibility index (Phi) is 3.01. The van der Waals surface area contributed by atoms with Crippen LogP contribution in [0.3, 0.4) is 0 Å². The molecule has 0 saturated carbocycles. The summed E-state index contributed by atoms with van der Waals surface area (Å²) in [4.78, 5) is 33.2. The van der Waals surface area contributed by atoms with Gasteiger partial charge in [0.1, 0.15) is 0 Å². The quantitative estimate of drug-likeness (QED) is 0.825. The molecule has 0 bridgehead atoms. The minimum atomic E-state index is -0.357. The van der Waals surface area contributed by atoms with Gasteiger partial charge in [0.2, 0.25) is 0 Å². The molecular formula is C12H14N4O2. The normalized spacial score (nSPS) is 10.4. The average Bonchev–Trinajstić information content (AvgIpc) is 2.82. The monoisotopic (exact) mass is 246 g/mol. The predicted octanol–water partition coefficient (Wildman–Crippen LogP) is 1.32. The summed E-state index contributed by atoms with van der Waals surface area (Å²) in [7, 11) is 4.66. The minimum Gasteiger partial charge on any atom is -0.345 e. The molecule has 0 aliphatic rings. The Balaban J connectivity index is 2.30. The molecule has 0 saturated heterocycles. The number of nitrogens with zero attached hydrogens (tertiary/aromatic N) is 3. The molecule has 0 aliphatic carbocycles. The Morgan fingerprint density at radius 2 is 1.94 bits per heavy atom. The highest BCUT2D eigenvalue weighted by atomic mass is 16.2. The van der Waals surface area contributed by atoms with Gasteiger partial charge in [-0.05, 0) is 18.2 Å². The van der Waals surface area contributed by atoms with Crippen LogP contribution in [0.15, 0.2) is 24.5 Å². The van der Waals surface area contributed by atoms with Gasteiger partial charge >= 0.3 is 6.03 Å². The molecule has 1 heterocycles. The SMILES string of the molecule is CN(C)C(=O)N(C)C(=O)c1ccc2nc[nH]c2c1. The van der Waals surface area contributed by atoms with Gasteiger partial charge in [-0.25, -0.2) is 9.78 Å². The fourth-order valence-corrected chi connectivity index (χ4v) is 1.65. The smallest absolute Gasteiger partial charge is 0.326 e. The van der Waals surface area contributed by atoms with Crippen LogP contribution in [0, 0.1) is 0 Å². The molecule has 0 unspecified atom stereocenters. The van der Waals surface area contributed by atoms with Crippen molar-refractivity contribution in [3.8, 4) is 0 Å². The molecule has 1 aromatic heterocycles. The van der Waals surface area contributed by atoms with Crippen molar-refractivity contribution in [3.05, 3.63) is 30.1 Å². The lowest BCUT2D eigenvalue weighted by molar-refractivity contribution is 0.0810. The summed E-state index contributed by atoms with van der Waals surface area (Å²) < 4.78 is 0. The summed E-state index contributed by atoms with van der Waals surface area (Å²) in [6.45, 7) is 0. The van der Waals surface area contributed by atoms with E-state index >= 15 is 0 Å². The van der Waals surface area contributed by atoms with Gasteiger partial charge < -0.3 is 9.88 Å². The first-order valence-corrected chi connectivity index (χ1v) is 5.43. The number of imide groups is 1. The number of H-pyrrole nitrogens is 1. The Bertz CT molecular complexity index is 603. The maximum Gasteiger partial charge on any atom is 0.326 e. The molecule has 1 aromatic carbocycles. The second-order valence-corrected chi connectivity index (χ2v) is 4.18. The molecule has 0 aliphatic heterocycles. The van der Waals surface area contributed by atoms with Crippen molar-refractivity contribution in [3.63, 3.8) is 0 Å². The van der Waals surface area contributed by atoms with Gasteiger partial charge in [0.15, 0.2) is 0 Å². The Labute approximate surface area is 104 Å². The van der Waals surface area contributed by atoms with Crippen molar-refractivity contribution in [1.82, 2.24) is 19.8 Å². The van der Waals surface area contributed by atoms with Crippen molar-refractivity contribution < 1.29 is 9.59 Å². The molecular weight excluding hydrogens is 232 g/mol. The molecule has 18 heavy (non-hydrogen) atoms. The summed E-state index contributed by atoms with van der Waals surface area (Å²) >= 11 is 0. The van der Waals surface area contributed by atoms with E-state index in [1.165, 1.54) is 11.9 Å². The highest BCUT2D eigenvalue weighted by molar-refractivity contribution is 6.05. The van der Waals surface area contributed by atoms with Crippen molar-refractivity contribution in [2.75, 3.05) is 21.1 Å². The van der Waals surface area contributed by atoms with Crippen molar-refractivity contribution in [2.24, 2.45) is 0 Å². The van der Waals surface area contributed by atoms with Gasteiger partial charge in [-0.3, -0.25) is 9.69 Å². The van der Waals surface area contributed by atoms with E-state index in [9.17, 15) is 9.59 Å². The van der Waals surface area contributed by atoms with Crippen LogP contribution in [0.25, 0.3) is 11.0 Å². The Morgan fingerprint density at radius 3 is 2.61 bits per heavy atom. The summed E-state index contributed by atoms with van der Waals surface area (Å²) in [6, 6.07) is 4.73. The summed E-state index contributed by atoms with van der Waals surface area (Å²) in [5.41, 5.74) is 2.00. The van der Waals surface area contributed by atoms with Crippen LogP contribution < -0.4 is 0 Å². The summed E-state index contributed by atoms with van der Waals surface area (Å²) in [5.74, 6) is -0.342. The van der Waals surface area contributed by atoms with E-state index in [2.05, 4.69) is 9.97 Å². The average molecular weight is 246 g/mol. The fraction of sp³-hybridized carbons (Fsp3) is 0.250. The number of aromatic amines is 1. The minimum absolute atomic E-state index is 0.342. The number of imidazole rings is 1. The molecule has 3 amide bonds. The van der Waals surface area contributed by atoms with Crippen LogP contribution in [0.4, 0.5) is 4.79 Å². The second-order valence-electron chi connectivity index (χ2n) is 4.18. The number of urea groups is 1. The molecule has 0 spiro atoms. The second kappa shape index (κ2) is 4.48. The zero-order valence-electron chi connectivity index (χ0n) is 10.5. The third-order valence-corrected chi connectivity index (χ3v) is 2.64. The topological polar surface area (TPSA) is 69.3 Å². The molecule has 94 valence electrons. The number of hydrogen-bond donors (Lipinski definition) is 1. The van der Waals surface area contributed by atoms with Gasteiger partial charge in [0.25, 0.3) is 5.91 Å². The molecule has 0 atom stereocenters. The highest BCUT2D eigenvalue weighted by Gasteiger charge is 2.20. The lowest BCUT2D eigenvalue weighted by Crippen LogP contribution is -2.40. The maximum atomic E-state index is 12.1. The Morgan fingerprint density at radius 1 is 1.22 bits per heavy atom. The fourth-order valence-electron chi connectivity index (χ4n) is 1.65. The van der Waals surface area contributed by atoms with Gasteiger partial charge in [-0.1, -0.05) is 0 Å². The standard InChI is InChI=1S/C12H14N4O2/c1-15(2)12(18)16(3)11(17)8-4-5-9-10(6-8)14-7-13-9/h4-7H,1-3H3,(H,13,14). The van der Waals surface area contributed by atoms with E-state index in [-0.39, 0.29) is 11.9 Å². The molecule has 0 radical (unpaired) electrons. The molecule has 6 heteroatoms. The first kappa shape index (κ1) is 12.1. The lowest BCUT2D eigenvalue weighted by Gasteiger charge is -2.20. The lowest BCUT2D eigenvalue weighted by atomic mass is 10.2. The van der Waals surface area contributed by atoms with Crippen molar-refractivity contribution in [2.45, 2.75) is 0 Å². The van der Waals surface area contributed by atoms with Gasteiger partial charge in [0.05, 0.1) is 17.4 Å². The van der Waals surface area contributed by atoms with E-state index in [1.807, 2.05) is 0 Å². The number of rotatable bonds is 1. The van der Waals surface area contributed by atoms with Gasteiger partial charge in [-0.2, -0.15) is 0 Å². The van der Waals surface area contributed by atoms with Crippen LogP contribution in [-0.4, -0.2) is 52.8 Å². The van der Waals surface area contributed by atoms with Crippen LogP contribution in [-0.2, 0) is 0 Å². The van der Waals surface area contributed by atoms with Gasteiger partial charge in [-0.15, -0.1) is 0 Å². The van der Waals surface area contributed by atoms with Crippen LogP contribution in [0.2, 0.25) is 0 Å². The van der Waals surface area contributed by atoms with E-state index in [1.54, 1.807) is 38.6 Å². The van der Waals surface area contributed by atoms with Crippen molar-refractivity contribution in [1.29, 1.82) is 0 Å². The third-order valence-electron chi connectivity index (χ3n) is 2.64. The molecule has 2 aromatic rings. The zero-order valence-corrected chi connectivity index (χ0v) is 10.5. The number of carbonyl (C=O) groups excluding carboxylic acids is 2. The summed E-state index contributed by atoms with van der Waals surface area (Å²) in [6.07, 6.45) is 1.56. The van der Waals surface area contributed by atoms with Crippen LogP contribution in [0.1, 0.15) is 10.4 Å². The maximum absolute atomic E-state index is 12.1. The first-order valence-electron chi connectivity index (χ1n) is 5.43. The van der Waals surface area contributed by atoms with E-state index in [0.29, 0.717) is 5.56 Å². The van der Waals surface area contributed by atoms with Crippen LogP contribution in [0.5, 0.6) is 0 Å².